The third-order valence-electron chi connectivity index (χ3n) is 2.86. The van der Waals surface area contributed by atoms with E-state index in [4.69, 9.17) is 0 Å². The number of hydrogen-bond acceptors (Lipinski definition) is 3. The number of fused-ring (bicyclic) bond motifs is 1. The lowest BCUT2D eigenvalue weighted by Gasteiger charge is -2.04. The maximum absolute atomic E-state index is 4.56. The highest BCUT2D eigenvalue weighted by Crippen LogP contribution is 2.31. The molecule has 3 rings (SSSR count). The Morgan fingerprint density at radius 2 is 2.32 bits per heavy atom. The minimum Gasteiger partial charge on any atom is -0.264 e. The van der Waals surface area contributed by atoms with E-state index in [1.807, 2.05) is 30.5 Å². The van der Waals surface area contributed by atoms with Gasteiger partial charge in [-0.3, -0.25) is 4.98 Å². The Kier molecular flexibility index (Phi) is 3.32. The van der Waals surface area contributed by atoms with Gasteiger partial charge in [-0.2, -0.15) is 0 Å². The Morgan fingerprint density at radius 3 is 3.26 bits per heavy atom. The molecular formula is C16H12N2S. The smallest absolute Gasteiger partial charge is 0.0943 e. The number of allylic oxidation sites excluding steroid dienone is 4. The molecule has 19 heavy (non-hydrogen) atoms. The van der Waals surface area contributed by atoms with Gasteiger partial charge < -0.3 is 0 Å². The fourth-order valence-corrected chi connectivity index (χ4v) is 2.75. The molecule has 0 unspecified atom stereocenters. The molecule has 0 radical (unpaired) electrons. The van der Waals surface area contributed by atoms with Gasteiger partial charge >= 0.3 is 0 Å². The van der Waals surface area contributed by atoms with Gasteiger partial charge in [0.1, 0.15) is 0 Å². The first-order chi connectivity index (χ1) is 9.33. The van der Waals surface area contributed by atoms with Crippen molar-refractivity contribution < 1.29 is 0 Å². The molecule has 0 N–H and O–H groups in total. The first kappa shape index (κ1) is 12.0. The molecule has 0 aromatic carbocycles. The summed E-state index contributed by atoms with van der Waals surface area (Å²) < 4.78 is 0. The Bertz CT molecular complexity index is 775. The molecule has 0 saturated carbocycles. The molecule has 0 amide bonds. The first-order valence-electron chi connectivity index (χ1n) is 6.01. The van der Waals surface area contributed by atoms with E-state index >= 15 is 0 Å². The van der Waals surface area contributed by atoms with Gasteiger partial charge in [0.2, 0.25) is 0 Å². The highest BCUT2D eigenvalue weighted by molar-refractivity contribution is 8.06. The summed E-state index contributed by atoms with van der Waals surface area (Å²) in [4.78, 5) is 9.87. The number of hydrogen-bond donors (Lipinski definition) is 0. The van der Waals surface area contributed by atoms with Crippen molar-refractivity contribution in [1.29, 1.82) is 0 Å². The van der Waals surface area contributed by atoms with Crippen LogP contribution >= 0.6 is 11.8 Å². The maximum Gasteiger partial charge on any atom is 0.0943 e. The van der Waals surface area contributed by atoms with Crippen molar-refractivity contribution in [3.63, 3.8) is 0 Å². The van der Waals surface area contributed by atoms with E-state index < -0.39 is 0 Å². The predicted molar refractivity (Wildman–Crippen MR) is 79.7 cm³/mol. The van der Waals surface area contributed by atoms with Gasteiger partial charge in [-0.15, -0.1) is 5.73 Å². The third-order valence-corrected chi connectivity index (χ3v) is 3.79. The molecule has 1 aromatic rings. The number of nitrogens with zero attached hydrogens (tertiary/aromatic N) is 2. The highest BCUT2D eigenvalue weighted by atomic mass is 32.2. The van der Waals surface area contributed by atoms with Gasteiger partial charge in [0, 0.05) is 22.5 Å². The molecule has 1 aliphatic carbocycles. The number of thioether (sulfide) groups is 1. The van der Waals surface area contributed by atoms with Crippen LogP contribution in [0.2, 0.25) is 0 Å². The standard InChI is InChI=1S/C16H12N2S/c1-12-18-15-9-10-17-11-14(15)8-7-13-5-3-2-4-6-16(13)19-12/h2-3,5-6,8-11H,1,7H2/b14-8-,18-15-. The summed E-state index contributed by atoms with van der Waals surface area (Å²) in [6.07, 6.45) is 14.6. The van der Waals surface area contributed by atoms with Crippen LogP contribution in [0, 0.1) is 0 Å². The highest BCUT2D eigenvalue weighted by Gasteiger charge is 2.07. The van der Waals surface area contributed by atoms with Crippen molar-refractivity contribution in [2.24, 2.45) is 4.99 Å². The van der Waals surface area contributed by atoms with Gasteiger partial charge in [-0.25, -0.2) is 4.99 Å². The van der Waals surface area contributed by atoms with Crippen molar-refractivity contribution in [2.75, 3.05) is 0 Å². The van der Waals surface area contributed by atoms with Gasteiger partial charge in [-0.1, -0.05) is 36.6 Å². The fraction of sp³-hybridized carbons (Fsp3) is 0.0625. The Morgan fingerprint density at radius 1 is 1.37 bits per heavy atom. The maximum atomic E-state index is 4.56. The van der Waals surface area contributed by atoms with E-state index in [1.165, 1.54) is 5.57 Å². The van der Waals surface area contributed by atoms with Crippen molar-refractivity contribution in [2.45, 2.75) is 6.42 Å². The van der Waals surface area contributed by atoms with E-state index in [0.29, 0.717) is 0 Å². The molecule has 0 atom stereocenters. The molecule has 0 bridgehead atoms. The summed E-state index contributed by atoms with van der Waals surface area (Å²) in [7, 11) is 0. The largest absolute Gasteiger partial charge is 0.264 e. The Hall–Kier alpha value is -2.09. The topological polar surface area (TPSA) is 25.2 Å². The van der Waals surface area contributed by atoms with Crippen LogP contribution in [0.1, 0.15) is 6.42 Å². The average Bonchev–Trinajstić information content (AvgIpc) is 2.59. The van der Waals surface area contributed by atoms with Crippen LogP contribution < -0.4 is 10.6 Å². The summed E-state index contributed by atoms with van der Waals surface area (Å²) in [5, 5.41) is 2.75. The Balaban J connectivity index is 2.18. The number of pyridine rings is 1. The van der Waals surface area contributed by atoms with E-state index in [0.717, 1.165) is 26.9 Å². The predicted octanol–water partition coefficient (Wildman–Crippen LogP) is 2.63. The molecule has 3 heteroatoms. The minimum atomic E-state index is 0.781. The zero-order valence-corrected chi connectivity index (χ0v) is 11.2. The van der Waals surface area contributed by atoms with Crippen molar-refractivity contribution >= 4 is 17.8 Å². The average molecular weight is 264 g/mol. The van der Waals surface area contributed by atoms with Crippen LogP contribution in [-0.2, 0) is 0 Å². The monoisotopic (exact) mass is 264 g/mol. The zero-order chi connectivity index (χ0) is 13.1. The summed E-state index contributed by atoms with van der Waals surface area (Å²) in [6.45, 7) is 4.02. The molecule has 2 nitrogen and oxygen atoms in total. The van der Waals surface area contributed by atoms with Crippen molar-refractivity contribution in [1.82, 2.24) is 4.98 Å². The molecular weight excluding hydrogens is 252 g/mol. The second-order valence-corrected chi connectivity index (χ2v) is 5.29. The van der Waals surface area contributed by atoms with Crippen LogP contribution in [0.25, 0.3) is 6.08 Å². The third kappa shape index (κ3) is 2.68. The summed E-state index contributed by atoms with van der Waals surface area (Å²) in [6, 6.07) is 1.92. The van der Waals surface area contributed by atoms with Gasteiger partial charge in [-0.05, 0) is 30.2 Å². The zero-order valence-electron chi connectivity index (χ0n) is 10.3. The van der Waals surface area contributed by atoms with Gasteiger partial charge in [0.15, 0.2) is 0 Å². The molecule has 2 heterocycles. The molecule has 92 valence electrons. The lowest BCUT2D eigenvalue weighted by atomic mass is 10.1. The first-order valence-corrected chi connectivity index (χ1v) is 6.82. The van der Waals surface area contributed by atoms with Crippen molar-refractivity contribution in [3.8, 4) is 0 Å². The van der Waals surface area contributed by atoms with Crippen molar-refractivity contribution in [3.05, 3.63) is 81.2 Å². The molecule has 1 aliphatic heterocycles. The summed E-state index contributed by atoms with van der Waals surface area (Å²) in [5.41, 5.74) is 4.38. The quantitative estimate of drug-likeness (QED) is 0.673. The van der Waals surface area contributed by atoms with Crippen LogP contribution in [0.4, 0.5) is 0 Å². The van der Waals surface area contributed by atoms with E-state index in [1.54, 1.807) is 18.0 Å². The fourth-order valence-electron chi connectivity index (χ4n) is 1.94. The van der Waals surface area contributed by atoms with E-state index in [2.05, 4.69) is 34.4 Å². The van der Waals surface area contributed by atoms with Gasteiger partial charge in [0.05, 0.1) is 10.4 Å². The number of aromatic nitrogens is 1. The van der Waals surface area contributed by atoms with Crippen LogP contribution in [-0.4, -0.2) is 4.98 Å². The van der Waals surface area contributed by atoms with E-state index in [9.17, 15) is 0 Å². The minimum absolute atomic E-state index is 0.781. The molecule has 2 aliphatic rings. The van der Waals surface area contributed by atoms with Gasteiger partial charge in [0.25, 0.3) is 0 Å². The summed E-state index contributed by atoms with van der Waals surface area (Å²) >= 11 is 1.58. The molecule has 1 aromatic heterocycles. The van der Waals surface area contributed by atoms with Crippen LogP contribution in [0.3, 0.4) is 0 Å². The SMILES string of the molecule is C=C1/N=c2/ccnc/c2=C/CC2=C(C=C=CC=C2)S1. The molecule has 0 saturated heterocycles. The van der Waals surface area contributed by atoms with Crippen LogP contribution in [0.15, 0.2) is 75.6 Å². The van der Waals surface area contributed by atoms with Crippen LogP contribution in [0.5, 0.6) is 0 Å². The summed E-state index contributed by atoms with van der Waals surface area (Å²) in [5.74, 6) is 0. The van der Waals surface area contributed by atoms with E-state index in [-0.39, 0.29) is 0 Å². The lowest BCUT2D eigenvalue weighted by Crippen LogP contribution is -2.24. The second-order valence-electron chi connectivity index (χ2n) is 4.18. The Labute approximate surface area is 116 Å². The lowest BCUT2D eigenvalue weighted by molar-refractivity contribution is 1.19. The molecule has 0 fully saturated rings. The number of rotatable bonds is 0. The molecule has 0 spiro atoms. The normalized spacial score (nSPS) is 20.9. The second kappa shape index (κ2) is 5.27.